The lowest BCUT2D eigenvalue weighted by Crippen LogP contribution is -2.73. The maximum absolute atomic E-state index is 13.0. The topological polar surface area (TPSA) is 232 Å². The molecule has 2 aromatic heterocycles. The molecule has 1 aliphatic rings. The molecule has 0 aliphatic carbocycles. The Hall–Kier alpha value is -3.64. The Bertz CT molecular complexity index is 1270. The lowest BCUT2D eigenvalue weighted by atomic mass is 9.98. The van der Waals surface area contributed by atoms with Crippen molar-refractivity contribution in [2.75, 3.05) is 5.73 Å². The fourth-order valence-electron chi connectivity index (χ4n) is 2.83. The van der Waals surface area contributed by atoms with E-state index < -0.39 is 51.5 Å². The van der Waals surface area contributed by atoms with Gasteiger partial charge in [-0.15, -0.1) is 11.3 Å². The van der Waals surface area contributed by atoms with Crippen molar-refractivity contribution in [1.29, 1.82) is 0 Å². The molecule has 2 amide bonds. The molecule has 1 fully saturated rings. The van der Waals surface area contributed by atoms with E-state index in [2.05, 4.69) is 25.5 Å². The summed E-state index contributed by atoms with van der Waals surface area (Å²) >= 11 is 0.966. The lowest BCUT2D eigenvalue weighted by molar-refractivity contribution is -0.161. The molecule has 3 rings (SSSR count). The number of carbonyl (C=O) groups is 3. The average Bonchev–Trinajstić information content (AvgIpc) is 3.32. The number of aryl methyl sites for hydroxylation is 1. The number of nitrogens with zero attached hydrogens (tertiary/aromatic N) is 6. The number of amides is 2. The smallest absolute Gasteiger partial charge is 0.362 e. The molecule has 16 nitrogen and oxygen atoms in total. The number of carbonyl (C=O) groups excluding carboxylic acids is 2. The van der Waals surface area contributed by atoms with Crippen molar-refractivity contribution in [2.24, 2.45) is 5.16 Å². The first-order valence-corrected chi connectivity index (χ1v) is 11.7. The minimum atomic E-state index is -4.93. The van der Waals surface area contributed by atoms with E-state index in [1.807, 2.05) is 0 Å². The lowest BCUT2D eigenvalue weighted by Gasteiger charge is -2.44. The summed E-state index contributed by atoms with van der Waals surface area (Å²) < 4.78 is 34.3. The molecule has 5 N–H and O–H groups in total. The molecule has 0 saturated carbocycles. The van der Waals surface area contributed by atoms with E-state index in [1.54, 1.807) is 6.92 Å². The molecule has 2 atom stereocenters. The average molecular weight is 517 g/mol. The molecule has 1 saturated heterocycles. The number of anilines is 1. The molecule has 0 spiro atoms. The summed E-state index contributed by atoms with van der Waals surface area (Å²) in [6.45, 7) is 3.75. The third kappa shape index (κ3) is 4.97. The van der Waals surface area contributed by atoms with Crippen LogP contribution < -0.4 is 11.1 Å². The zero-order valence-electron chi connectivity index (χ0n) is 17.9. The predicted molar refractivity (Wildman–Crippen MR) is 115 cm³/mol. The number of hydrogen-bond donors (Lipinski definition) is 4. The van der Waals surface area contributed by atoms with Gasteiger partial charge in [-0.1, -0.05) is 5.16 Å². The third-order valence-corrected chi connectivity index (χ3v) is 6.36. The molecular weight excluding hydrogens is 496 g/mol. The minimum Gasteiger partial charge on any atom is -0.478 e. The van der Waals surface area contributed by atoms with Gasteiger partial charge in [0.15, 0.2) is 10.8 Å². The Kier molecular flexibility index (Phi) is 6.58. The van der Waals surface area contributed by atoms with E-state index in [4.69, 9.17) is 10.6 Å². The molecule has 1 aliphatic heterocycles. The van der Waals surface area contributed by atoms with E-state index in [0.29, 0.717) is 5.82 Å². The first kappa shape index (κ1) is 25.0. The van der Waals surface area contributed by atoms with Crippen LogP contribution in [0, 0.1) is 6.92 Å². The molecule has 34 heavy (non-hydrogen) atoms. The number of hydrogen-bond acceptors (Lipinski definition) is 12. The summed E-state index contributed by atoms with van der Waals surface area (Å²) in [6.07, 6.45) is 1.21. The molecule has 2 aromatic rings. The van der Waals surface area contributed by atoms with Crippen LogP contribution in [0.25, 0.3) is 0 Å². The van der Waals surface area contributed by atoms with Gasteiger partial charge in [-0.3, -0.25) is 14.1 Å². The molecule has 0 radical (unpaired) electrons. The van der Waals surface area contributed by atoms with Crippen molar-refractivity contribution in [3.8, 4) is 0 Å². The Balaban J connectivity index is 1.90. The summed E-state index contributed by atoms with van der Waals surface area (Å²) in [7, 11) is -4.93. The summed E-state index contributed by atoms with van der Waals surface area (Å²) in [6, 6.07) is -2.66. The maximum atomic E-state index is 13.0. The number of β-lactam (4-membered cyclic amide) rings is 1. The highest BCUT2D eigenvalue weighted by Crippen LogP contribution is 2.25. The fourth-order valence-corrected chi connectivity index (χ4v) is 4.25. The highest BCUT2D eigenvalue weighted by atomic mass is 32.2. The zero-order valence-corrected chi connectivity index (χ0v) is 19.6. The molecule has 0 bridgehead atoms. The number of nitrogens with two attached hydrogens (primary N) is 1. The van der Waals surface area contributed by atoms with Crippen LogP contribution in [-0.2, 0) is 36.1 Å². The Morgan fingerprint density at radius 1 is 1.41 bits per heavy atom. The fraction of sp³-hybridized carbons (Fsp3) is 0.438. The van der Waals surface area contributed by atoms with Gasteiger partial charge in [0.2, 0.25) is 5.60 Å². The first-order chi connectivity index (χ1) is 15.7. The number of oxime groups is 1. The Labute approximate surface area is 196 Å². The first-order valence-electron chi connectivity index (χ1n) is 9.39. The zero-order chi connectivity index (χ0) is 25.4. The van der Waals surface area contributed by atoms with Gasteiger partial charge in [-0.25, -0.2) is 23.7 Å². The number of nitrogen functional groups attached to an aromatic ring is 1. The van der Waals surface area contributed by atoms with E-state index >= 15 is 0 Å². The summed E-state index contributed by atoms with van der Waals surface area (Å²) in [4.78, 5) is 49.6. The second kappa shape index (κ2) is 8.95. The van der Waals surface area contributed by atoms with Crippen molar-refractivity contribution in [3.05, 3.63) is 23.2 Å². The van der Waals surface area contributed by atoms with Crippen LogP contribution >= 0.6 is 11.3 Å². The van der Waals surface area contributed by atoms with Gasteiger partial charge >= 0.3 is 16.3 Å². The van der Waals surface area contributed by atoms with Crippen LogP contribution in [0.4, 0.5) is 5.13 Å². The number of thiazole rings is 1. The number of carboxylic acid groups (broad SMARTS) is 1. The Morgan fingerprint density at radius 2 is 2.09 bits per heavy atom. The number of aliphatic carboxylic acids is 1. The number of aromatic nitrogens is 4. The van der Waals surface area contributed by atoms with Crippen LogP contribution in [0.15, 0.2) is 16.9 Å². The standard InChI is InChI=1S/C16H20N8O8S2/c1-7-18-6-19-23(7)4-9-11(13(26)24(9)34(29,30)31)21-12(25)10(8-5-33-15(17)20-8)22-32-16(2,3)14(27)28/h5-6,9,11H,4H2,1-3H3,(H2,17,20)(H,21,25)(H,27,28)(H,29,30,31)/t9-,11-/m0/s1. The second-order valence-corrected chi connectivity index (χ2v) is 9.72. The van der Waals surface area contributed by atoms with Gasteiger partial charge in [0.25, 0.3) is 11.8 Å². The molecule has 184 valence electrons. The minimum absolute atomic E-state index is 0.0664. The molecule has 0 unspecified atom stereocenters. The maximum Gasteiger partial charge on any atom is 0.362 e. The molecule has 18 heteroatoms. The van der Waals surface area contributed by atoms with Gasteiger partial charge in [0.05, 0.1) is 12.6 Å². The van der Waals surface area contributed by atoms with Crippen LogP contribution in [0.5, 0.6) is 0 Å². The monoisotopic (exact) mass is 516 g/mol. The van der Waals surface area contributed by atoms with Gasteiger partial charge in [-0.2, -0.15) is 13.5 Å². The SMILES string of the molecule is Cc1ncnn1C[C@H]1[C@H](NC(=O)C(=NOC(C)(C)C(=O)O)c2csc(N)n2)C(=O)N1S(=O)(=O)O. The largest absolute Gasteiger partial charge is 0.478 e. The van der Waals surface area contributed by atoms with Crippen molar-refractivity contribution < 1.29 is 37.3 Å². The van der Waals surface area contributed by atoms with Gasteiger partial charge < -0.3 is 21.0 Å². The van der Waals surface area contributed by atoms with Crippen molar-refractivity contribution in [3.63, 3.8) is 0 Å². The molecule has 0 aromatic carbocycles. The van der Waals surface area contributed by atoms with Crippen molar-refractivity contribution in [2.45, 2.75) is 45.0 Å². The van der Waals surface area contributed by atoms with E-state index in [0.717, 1.165) is 11.3 Å². The van der Waals surface area contributed by atoms with Crippen LogP contribution in [-0.4, -0.2) is 83.3 Å². The summed E-state index contributed by atoms with van der Waals surface area (Å²) in [5.74, 6) is -3.11. The Morgan fingerprint density at radius 3 is 2.59 bits per heavy atom. The van der Waals surface area contributed by atoms with Gasteiger partial charge in [0, 0.05) is 5.38 Å². The normalized spacial score (nSPS) is 19.0. The highest BCUT2D eigenvalue weighted by molar-refractivity contribution is 7.84. The summed E-state index contributed by atoms with van der Waals surface area (Å²) in [5.41, 5.74) is 3.22. The van der Waals surface area contributed by atoms with E-state index in [-0.39, 0.29) is 21.7 Å². The third-order valence-electron chi connectivity index (χ3n) is 4.73. The van der Waals surface area contributed by atoms with Crippen molar-refractivity contribution >= 4 is 50.3 Å². The van der Waals surface area contributed by atoms with Crippen LogP contribution in [0.1, 0.15) is 25.4 Å². The van der Waals surface area contributed by atoms with Crippen molar-refractivity contribution in [1.82, 2.24) is 29.4 Å². The number of carboxylic acids is 1. The quantitative estimate of drug-likeness (QED) is 0.128. The number of nitrogens with one attached hydrogen (secondary N) is 1. The van der Waals surface area contributed by atoms with Crippen LogP contribution in [0.2, 0.25) is 0 Å². The van der Waals surface area contributed by atoms with Gasteiger partial charge in [0.1, 0.15) is 23.9 Å². The highest BCUT2D eigenvalue weighted by Gasteiger charge is 2.54. The van der Waals surface area contributed by atoms with Crippen LogP contribution in [0.3, 0.4) is 0 Å². The molecule has 3 heterocycles. The predicted octanol–water partition coefficient (Wildman–Crippen LogP) is -1.59. The number of rotatable bonds is 9. The van der Waals surface area contributed by atoms with Gasteiger partial charge in [-0.05, 0) is 20.8 Å². The second-order valence-electron chi connectivity index (χ2n) is 7.54. The van der Waals surface area contributed by atoms with E-state index in [1.165, 1.54) is 30.2 Å². The molecular formula is C16H20N8O8S2. The summed E-state index contributed by atoms with van der Waals surface area (Å²) in [5, 5.41) is 20.5. The van der Waals surface area contributed by atoms with E-state index in [9.17, 15) is 32.5 Å².